The topological polar surface area (TPSA) is 158 Å². The summed E-state index contributed by atoms with van der Waals surface area (Å²) in [6, 6.07) is 4.44. The molecule has 13 heteroatoms. The number of hydrogen-bond acceptors (Lipinski definition) is 9. The lowest BCUT2D eigenvalue weighted by atomic mass is 10.3. The zero-order valence-corrected chi connectivity index (χ0v) is 12.6. The van der Waals surface area contributed by atoms with Gasteiger partial charge in [0, 0.05) is 14.1 Å². The second-order valence-corrected chi connectivity index (χ2v) is 4.57. The first-order chi connectivity index (χ1) is 11.5. The highest BCUT2D eigenvalue weighted by Gasteiger charge is 2.16. The van der Waals surface area contributed by atoms with Crippen LogP contribution in [0.4, 0.5) is 11.9 Å². The minimum absolute atomic E-state index is 0.0294. The molecule has 0 saturated carbocycles. The molecular formula is C11H11N11O2. The lowest BCUT2D eigenvalue weighted by Gasteiger charge is -2.05. The van der Waals surface area contributed by atoms with E-state index in [1.165, 1.54) is 27.6 Å². The normalized spacial score (nSPS) is 10.4. The van der Waals surface area contributed by atoms with Crippen molar-refractivity contribution in [1.29, 1.82) is 0 Å². The van der Waals surface area contributed by atoms with Crippen LogP contribution in [0.3, 0.4) is 0 Å². The van der Waals surface area contributed by atoms with Crippen LogP contribution < -0.4 is 10.6 Å². The van der Waals surface area contributed by atoms with Gasteiger partial charge in [-0.2, -0.15) is 0 Å². The van der Waals surface area contributed by atoms with Crippen LogP contribution in [0.25, 0.3) is 0 Å². The van der Waals surface area contributed by atoms with E-state index in [0.717, 1.165) is 0 Å². The first-order valence-electron chi connectivity index (χ1n) is 6.59. The minimum Gasteiger partial charge on any atom is -0.288 e. The van der Waals surface area contributed by atoms with Crippen molar-refractivity contribution >= 4 is 23.7 Å². The number of nitrogens with one attached hydrogen (secondary N) is 2. The summed E-state index contributed by atoms with van der Waals surface area (Å²) in [4.78, 5) is 28.3. The van der Waals surface area contributed by atoms with Crippen molar-refractivity contribution in [3.63, 3.8) is 0 Å². The summed E-state index contributed by atoms with van der Waals surface area (Å²) in [5.74, 6) is -0.797. The Bertz CT molecular complexity index is 829. The molecule has 0 spiro atoms. The lowest BCUT2D eigenvalue weighted by Crippen LogP contribution is -2.20. The highest BCUT2D eigenvalue weighted by Crippen LogP contribution is 2.06. The maximum absolute atomic E-state index is 12.2. The van der Waals surface area contributed by atoms with Crippen LogP contribution in [0, 0.1) is 0 Å². The summed E-state index contributed by atoms with van der Waals surface area (Å²) in [5, 5.41) is 26.2. The maximum atomic E-state index is 12.2. The van der Waals surface area contributed by atoms with Gasteiger partial charge in [0.15, 0.2) is 0 Å². The highest BCUT2D eigenvalue weighted by molar-refractivity contribution is 6.05. The molecule has 3 heterocycles. The number of carbonyl (C=O) groups is 2. The van der Waals surface area contributed by atoms with E-state index >= 15 is 0 Å². The molecule has 0 radical (unpaired) electrons. The molecule has 0 aliphatic heterocycles. The molecule has 0 unspecified atom stereocenters. The quantitative estimate of drug-likeness (QED) is 0.589. The zero-order valence-electron chi connectivity index (χ0n) is 12.6. The van der Waals surface area contributed by atoms with Crippen LogP contribution in [-0.2, 0) is 14.1 Å². The van der Waals surface area contributed by atoms with E-state index in [1.807, 2.05) is 0 Å². The van der Waals surface area contributed by atoms with Gasteiger partial charge in [0.05, 0.1) is 0 Å². The maximum Gasteiger partial charge on any atom is 0.276 e. The molecule has 0 aromatic carbocycles. The summed E-state index contributed by atoms with van der Waals surface area (Å²) in [7, 11) is 3.14. The van der Waals surface area contributed by atoms with Gasteiger partial charge in [-0.15, -0.1) is 0 Å². The Labute approximate surface area is 134 Å². The van der Waals surface area contributed by atoms with E-state index in [1.54, 1.807) is 14.1 Å². The number of carbonyl (C=O) groups excluding carboxylic acids is 2. The fraction of sp³-hybridized carbons (Fsp3) is 0.182. The number of rotatable bonds is 4. The van der Waals surface area contributed by atoms with Gasteiger partial charge in [0.25, 0.3) is 11.8 Å². The number of aryl methyl sites for hydroxylation is 2. The van der Waals surface area contributed by atoms with Gasteiger partial charge in [-0.1, -0.05) is 16.3 Å². The Balaban J connectivity index is 1.76. The van der Waals surface area contributed by atoms with E-state index < -0.39 is 11.8 Å². The number of nitrogens with zero attached hydrogens (tertiary/aromatic N) is 9. The second kappa shape index (κ2) is 6.15. The molecule has 2 N–H and O–H groups in total. The number of tetrazole rings is 2. The third-order valence-electron chi connectivity index (χ3n) is 2.91. The molecule has 0 bridgehead atoms. The van der Waals surface area contributed by atoms with E-state index in [0.29, 0.717) is 0 Å². The van der Waals surface area contributed by atoms with Crippen molar-refractivity contribution in [3.05, 3.63) is 29.6 Å². The molecule has 2 amide bonds. The Kier molecular flexibility index (Phi) is 3.88. The standard InChI is InChI=1S/C11H11N11O2/c1-21-10(15-17-19-21)13-8(23)6-4-3-5-7(12-6)9(24)14-11-16-18-20-22(11)2/h3-5H,1-2H3,(H,13,15,19,23)(H,14,16,20,24). The molecule has 0 aliphatic carbocycles. The molecule has 0 saturated heterocycles. The third kappa shape index (κ3) is 3.03. The molecule has 3 aromatic rings. The molecular weight excluding hydrogens is 318 g/mol. The number of aromatic nitrogens is 9. The van der Waals surface area contributed by atoms with Gasteiger partial charge >= 0.3 is 0 Å². The highest BCUT2D eigenvalue weighted by atomic mass is 16.2. The Morgan fingerprint density at radius 2 is 1.33 bits per heavy atom. The van der Waals surface area contributed by atoms with Crippen molar-refractivity contribution in [2.24, 2.45) is 14.1 Å². The molecule has 0 fully saturated rings. The van der Waals surface area contributed by atoms with Crippen LogP contribution in [0.5, 0.6) is 0 Å². The van der Waals surface area contributed by atoms with Crippen LogP contribution >= 0.6 is 0 Å². The van der Waals surface area contributed by atoms with Crippen LogP contribution in [0.15, 0.2) is 18.2 Å². The minimum atomic E-state index is -0.553. The molecule has 24 heavy (non-hydrogen) atoms. The van der Waals surface area contributed by atoms with Crippen LogP contribution in [-0.4, -0.2) is 57.2 Å². The van der Waals surface area contributed by atoms with Gasteiger partial charge in [-0.3, -0.25) is 20.2 Å². The fourth-order valence-corrected chi connectivity index (χ4v) is 1.69. The van der Waals surface area contributed by atoms with Crippen molar-refractivity contribution in [1.82, 2.24) is 45.4 Å². The van der Waals surface area contributed by atoms with Crippen LogP contribution in [0.1, 0.15) is 21.0 Å². The van der Waals surface area contributed by atoms with Gasteiger partial charge in [0.2, 0.25) is 11.9 Å². The average molecular weight is 329 g/mol. The first-order valence-corrected chi connectivity index (χ1v) is 6.59. The molecule has 3 aromatic heterocycles. The predicted molar refractivity (Wildman–Crippen MR) is 77.7 cm³/mol. The smallest absolute Gasteiger partial charge is 0.276 e. The molecule has 0 atom stereocenters. The summed E-state index contributed by atoms with van der Waals surface area (Å²) < 4.78 is 2.57. The Hall–Kier alpha value is -3.77. The van der Waals surface area contributed by atoms with Crippen LogP contribution in [0.2, 0.25) is 0 Å². The number of amides is 2. The van der Waals surface area contributed by atoms with Crippen molar-refractivity contribution < 1.29 is 9.59 Å². The fourth-order valence-electron chi connectivity index (χ4n) is 1.69. The van der Waals surface area contributed by atoms with Crippen molar-refractivity contribution in [2.75, 3.05) is 10.6 Å². The zero-order chi connectivity index (χ0) is 17.1. The summed E-state index contributed by atoms with van der Waals surface area (Å²) in [6.45, 7) is 0. The number of pyridine rings is 1. The van der Waals surface area contributed by atoms with Gasteiger partial charge in [-0.25, -0.2) is 14.3 Å². The predicted octanol–water partition coefficient (Wildman–Crippen LogP) is -1.37. The average Bonchev–Trinajstić information content (AvgIpc) is 3.16. The Morgan fingerprint density at radius 1 is 0.875 bits per heavy atom. The molecule has 3 rings (SSSR count). The van der Waals surface area contributed by atoms with E-state index in [4.69, 9.17) is 0 Å². The number of hydrogen-bond donors (Lipinski definition) is 2. The van der Waals surface area contributed by atoms with Crippen molar-refractivity contribution in [3.8, 4) is 0 Å². The second-order valence-electron chi connectivity index (χ2n) is 4.57. The van der Waals surface area contributed by atoms with Gasteiger partial charge in [0.1, 0.15) is 11.4 Å². The van der Waals surface area contributed by atoms with Gasteiger partial charge < -0.3 is 0 Å². The number of anilines is 2. The van der Waals surface area contributed by atoms with E-state index in [2.05, 4.69) is 46.7 Å². The molecule has 0 aliphatic rings. The summed E-state index contributed by atoms with van der Waals surface area (Å²) in [5.41, 5.74) is 0.0588. The Morgan fingerprint density at radius 3 is 1.71 bits per heavy atom. The summed E-state index contributed by atoms with van der Waals surface area (Å²) in [6.07, 6.45) is 0. The van der Waals surface area contributed by atoms with E-state index in [9.17, 15) is 9.59 Å². The van der Waals surface area contributed by atoms with E-state index in [-0.39, 0.29) is 23.3 Å². The first kappa shape index (κ1) is 15.1. The van der Waals surface area contributed by atoms with Gasteiger partial charge in [-0.05, 0) is 33.0 Å². The SMILES string of the molecule is Cn1nnnc1NC(=O)c1cccc(C(=O)Nc2nnnn2C)n1. The lowest BCUT2D eigenvalue weighted by molar-refractivity contribution is 0.101. The largest absolute Gasteiger partial charge is 0.288 e. The molecule has 13 nitrogen and oxygen atoms in total. The third-order valence-corrected chi connectivity index (χ3v) is 2.91. The molecule has 122 valence electrons. The summed E-state index contributed by atoms with van der Waals surface area (Å²) >= 11 is 0. The monoisotopic (exact) mass is 329 g/mol. The van der Waals surface area contributed by atoms with Crippen molar-refractivity contribution in [2.45, 2.75) is 0 Å².